The van der Waals surface area contributed by atoms with E-state index in [0.717, 1.165) is 18.4 Å². The van der Waals surface area contributed by atoms with Gasteiger partial charge in [0.15, 0.2) is 0 Å². The summed E-state index contributed by atoms with van der Waals surface area (Å²) in [5.74, 6) is 2.61. The Balaban J connectivity index is 2.50. The van der Waals surface area contributed by atoms with Crippen molar-refractivity contribution in [3.05, 3.63) is 48.0 Å². The van der Waals surface area contributed by atoms with Crippen LogP contribution < -0.4 is 0 Å². The minimum absolute atomic E-state index is 0.951. The highest BCUT2D eigenvalue weighted by Gasteiger charge is 1.91. The zero-order chi connectivity index (χ0) is 9.52. The average Bonchev–Trinajstić information content (AvgIpc) is 2.19. The zero-order valence-electron chi connectivity index (χ0n) is 7.79. The van der Waals surface area contributed by atoms with Crippen molar-refractivity contribution in [2.24, 2.45) is 0 Å². The van der Waals surface area contributed by atoms with Crippen LogP contribution in [0.2, 0.25) is 0 Å². The van der Waals surface area contributed by atoms with Gasteiger partial charge in [-0.3, -0.25) is 0 Å². The lowest BCUT2D eigenvalue weighted by Crippen LogP contribution is -1.84. The number of allylic oxidation sites excluding steroid dienone is 1. The summed E-state index contributed by atoms with van der Waals surface area (Å²) in [7, 11) is 0. The molecule has 0 heterocycles. The fourth-order valence-corrected chi connectivity index (χ4v) is 1.22. The molecule has 66 valence electrons. The summed E-state index contributed by atoms with van der Waals surface area (Å²) in [5, 5.41) is 0. The third-order valence-electron chi connectivity index (χ3n) is 1.99. The first-order valence-corrected chi connectivity index (χ1v) is 4.53. The summed E-state index contributed by atoms with van der Waals surface area (Å²) >= 11 is 0. The smallest absolute Gasteiger partial charge is 0.0242 e. The molecule has 0 amide bonds. The van der Waals surface area contributed by atoms with Crippen molar-refractivity contribution in [3.63, 3.8) is 0 Å². The molecule has 0 bridgehead atoms. The molecule has 0 atom stereocenters. The Morgan fingerprint density at radius 3 is 2.54 bits per heavy atom. The molecule has 0 saturated carbocycles. The van der Waals surface area contributed by atoms with E-state index in [2.05, 4.69) is 24.6 Å². The van der Waals surface area contributed by atoms with Crippen molar-refractivity contribution >= 4 is 0 Å². The number of terminal acetylenes is 1. The lowest BCUT2D eigenvalue weighted by molar-refractivity contribution is 0.844. The lowest BCUT2D eigenvalue weighted by Gasteiger charge is -1.99. The second kappa shape index (κ2) is 5.22. The maximum absolute atomic E-state index is 5.26. The Hall–Kier alpha value is -1.48. The van der Waals surface area contributed by atoms with E-state index in [0.29, 0.717) is 0 Å². The van der Waals surface area contributed by atoms with Crippen LogP contribution in [-0.4, -0.2) is 0 Å². The lowest BCUT2D eigenvalue weighted by atomic mass is 10.1. The van der Waals surface area contributed by atoms with Gasteiger partial charge in [0.25, 0.3) is 0 Å². The predicted octanol–water partition coefficient (Wildman–Crippen LogP) is 3.18. The van der Waals surface area contributed by atoms with Crippen molar-refractivity contribution < 1.29 is 0 Å². The zero-order valence-corrected chi connectivity index (χ0v) is 7.79. The molecule has 0 aromatic heterocycles. The van der Waals surface area contributed by atoms with Gasteiger partial charge in [-0.25, -0.2) is 0 Å². The maximum Gasteiger partial charge on any atom is 0.0242 e. The number of benzene rings is 1. The number of aryl methyl sites for hydroxylation is 1. The third-order valence-corrected chi connectivity index (χ3v) is 1.99. The molecule has 0 saturated heterocycles. The van der Waals surface area contributed by atoms with Crippen molar-refractivity contribution in [3.8, 4) is 12.3 Å². The maximum atomic E-state index is 5.26. The van der Waals surface area contributed by atoms with E-state index >= 15 is 0 Å². The Bertz CT molecular complexity index is 298. The quantitative estimate of drug-likeness (QED) is 0.370. The highest BCUT2D eigenvalue weighted by atomic mass is 14.0. The predicted molar refractivity (Wildman–Crippen MR) is 57.5 cm³/mol. The Morgan fingerprint density at radius 2 is 2.00 bits per heavy atom. The summed E-state index contributed by atoms with van der Waals surface area (Å²) in [6.45, 7) is 3.69. The monoisotopic (exact) mass is 170 g/mol. The highest BCUT2D eigenvalue weighted by molar-refractivity contribution is 5.34. The molecule has 1 aromatic carbocycles. The average molecular weight is 170 g/mol. The van der Waals surface area contributed by atoms with Crippen LogP contribution in [0.25, 0.3) is 0 Å². The normalized spacial score (nSPS) is 9.15. The molecule has 0 aliphatic heterocycles. The summed E-state index contributed by atoms with van der Waals surface area (Å²) in [6, 6.07) is 8.17. The van der Waals surface area contributed by atoms with Crippen LogP contribution in [0.15, 0.2) is 36.9 Å². The molecule has 0 fully saturated rings. The molecular formula is C13H14. The number of unbranched alkanes of at least 4 members (excludes halogenated alkanes) is 1. The van der Waals surface area contributed by atoms with E-state index in [4.69, 9.17) is 6.42 Å². The molecule has 1 rings (SSSR count). The van der Waals surface area contributed by atoms with E-state index in [-0.39, 0.29) is 0 Å². The van der Waals surface area contributed by atoms with E-state index in [1.165, 1.54) is 12.0 Å². The molecule has 13 heavy (non-hydrogen) atoms. The summed E-state index contributed by atoms with van der Waals surface area (Å²) < 4.78 is 0. The van der Waals surface area contributed by atoms with Crippen molar-refractivity contribution in [1.29, 1.82) is 0 Å². The summed E-state index contributed by atoms with van der Waals surface area (Å²) in [4.78, 5) is 0. The van der Waals surface area contributed by atoms with Gasteiger partial charge >= 0.3 is 0 Å². The minimum Gasteiger partial charge on any atom is -0.115 e. The number of hydrogen-bond acceptors (Lipinski definition) is 0. The molecule has 0 spiro atoms. The molecule has 0 aliphatic carbocycles. The fourth-order valence-electron chi connectivity index (χ4n) is 1.22. The molecule has 0 heteroatoms. The van der Waals surface area contributed by atoms with Crippen molar-refractivity contribution in [2.45, 2.75) is 19.3 Å². The summed E-state index contributed by atoms with van der Waals surface area (Å²) in [5.41, 5.74) is 2.30. The molecule has 0 N–H and O–H groups in total. The second-order valence-corrected chi connectivity index (χ2v) is 3.02. The van der Waals surface area contributed by atoms with Crippen LogP contribution in [0, 0.1) is 12.3 Å². The fraction of sp³-hybridized carbons (Fsp3) is 0.231. The van der Waals surface area contributed by atoms with Crippen molar-refractivity contribution in [2.75, 3.05) is 0 Å². The molecular weight excluding hydrogens is 156 g/mol. The van der Waals surface area contributed by atoms with Gasteiger partial charge in [-0.15, -0.1) is 13.0 Å². The van der Waals surface area contributed by atoms with Gasteiger partial charge in [0.05, 0.1) is 0 Å². The van der Waals surface area contributed by atoms with Crippen LogP contribution in [0.4, 0.5) is 0 Å². The van der Waals surface area contributed by atoms with E-state index in [9.17, 15) is 0 Å². The first-order valence-electron chi connectivity index (χ1n) is 4.53. The van der Waals surface area contributed by atoms with Gasteiger partial charge < -0.3 is 0 Å². The van der Waals surface area contributed by atoms with Gasteiger partial charge in [-0.1, -0.05) is 24.1 Å². The van der Waals surface area contributed by atoms with E-state index in [1.807, 2.05) is 18.2 Å². The van der Waals surface area contributed by atoms with Crippen LogP contribution in [0.3, 0.4) is 0 Å². The number of rotatable bonds is 4. The molecule has 0 radical (unpaired) electrons. The Kier molecular flexibility index (Phi) is 3.85. The molecule has 1 aromatic rings. The van der Waals surface area contributed by atoms with E-state index < -0.39 is 0 Å². The van der Waals surface area contributed by atoms with Gasteiger partial charge in [0, 0.05) is 5.56 Å². The van der Waals surface area contributed by atoms with Crippen LogP contribution >= 0.6 is 0 Å². The molecule has 0 aliphatic rings. The number of hydrogen-bond donors (Lipinski definition) is 0. The Labute approximate surface area is 80.3 Å². The first kappa shape index (κ1) is 9.61. The van der Waals surface area contributed by atoms with Gasteiger partial charge in [-0.2, -0.15) is 0 Å². The van der Waals surface area contributed by atoms with E-state index in [1.54, 1.807) is 0 Å². The minimum atomic E-state index is 0.951. The van der Waals surface area contributed by atoms with Crippen molar-refractivity contribution in [1.82, 2.24) is 0 Å². The Morgan fingerprint density at radius 1 is 1.31 bits per heavy atom. The van der Waals surface area contributed by atoms with Gasteiger partial charge in [0.1, 0.15) is 0 Å². The topological polar surface area (TPSA) is 0 Å². The third kappa shape index (κ3) is 3.17. The van der Waals surface area contributed by atoms with Gasteiger partial charge in [-0.05, 0) is 37.0 Å². The first-order chi connectivity index (χ1) is 6.36. The van der Waals surface area contributed by atoms with Gasteiger partial charge in [0.2, 0.25) is 0 Å². The van der Waals surface area contributed by atoms with Crippen LogP contribution in [-0.2, 0) is 6.42 Å². The van der Waals surface area contributed by atoms with Crippen LogP contribution in [0.1, 0.15) is 24.0 Å². The van der Waals surface area contributed by atoms with Crippen LogP contribution in [0.5, 0.6) is 0 Å². The SMILES string of the molecule is C#Cc1ccc(CCCC=C)cc1. The second-order valence-electron chi connectivity index (χ2n) is 3.02. The standard InChI is InChI=1S/C13H14/c1-3-5-6-7-13-10-8-12(4-2)9-11-13/h2-3,8-11H,1,5-7H2. The highest BCUT2D eigenvalue weighted by Crippen LogP contribution is 2.07. The summed E-state index contributed by atoms with van der Waals surface area (Å²) in [6.07, 6.45) is 10.6. The largest absolute Gasteiger partial charge is 0.115 e. The molecule has 0 unspecified atom stereocenters. The molecule has 0 nitrogen and oxygen atoms in total.